The summed E-state index contributed by atoms with van der Waals surface area (Å²) in [4.78, 5) is 2.42. The summed E-state index contributed by atoms with van der Waals surface area (Å²) < 4.78 is 12.4. The van der Waals surface area contributed by atoms with E-state index in [4.69, 9.17) is 9.47 Å². The fourth-order valence-corrected chi connectivity index (χ4v) is 6.36. The quantitative estimate of drug-likeness (QED) is 0.857. The average molecular weight is 341 g/mol. The van der Waals surface area contributed by atoms with E-state index < -0.39 is 5.60 Å². The first-order chi connectivity index (χ1) is 12.1. The molecule has 2 fully saturated rings. The van der Waals surface area contributed by atoms with Crippen LogP contribution in [0.5, 0.6) is 5.75 Å². The van der Waals surface area contributed by atoms with Crippen molar-refractivity contribution in [1.29, 1.82) is 0 Å². The van der Waals surface area contributed by atoms with Crippen molar-refractivity contribution in [2.45, 2.75) is 61.9 Å². The number of aliphatic hydroxyl groups is 1. The van der Waals surface area contributed by atoms with Gasteiger partial charge < -0.3 is 14.6 Å². The van der Waals surface area contributed by atoms with Crippen LogP contribution in [0, 0.1) is 6.92 Å². The van der Waals surface area contributed by atoms with Crippen LogP contribution < -0.4 is 4.74 Å². The summed E-state index contributed by atoms with van der Waals surface area (Å²) in [5.74, 6) is 1.01. The van der Waals surface area contributed by atoms with Crippen LogP contribution in [0.3, 0.4) is 0 Å². The normalized spacial score (nSPS) is 41.2. The Bertz CT molecular complexity index is 747. The lowest BCUT2D eigenvalue weighted by atomic mass is 9.48. The maximum Gasteiger partial charge on any atom is 0.137 e. The highest BCUT2D eigenvalue weighted by atomic mass is 16.5. The van der Waals surface area contributed by atoms with E-state index in [0.717, 1.165) is 44.5 Å². The van der Waals surface area contributed by atoms with Crippen LogP contribution in [-0.4, -0.2) is 54.1 Å². The minimum absolute atomic E-state index is 0.0460. The zero-order valence-electron chi connectivity index (χ0n) is 15.1. The van der Waals surface area contributed by atoms with Crippen molar-refractivity contribution in [2.75, 3.05) is 20.2 Å². The van der Waals surface area contributed by atoms with Crippen molar-refractivity contribution >= 4 is 0 Å². The lowest BCUT2D eigenvalue weighted by Gasteiger charge is -2.64. The summed E-state index contributed by atoms with van der Waals surface area (Å²) in [5.41, 5.74) is 2.73. The van der Waals surface area contributed by atoms with Crippen LogP contribution >= 0.6 is 0 Å². The standard InChI is InChI=1S/C21H27NO3/c1-4-10-22-11-9-20-17-14-6-5-13(2)18(17)25-19(20)15(24-3)7-8-21(20,23)16(22)12-14/h4-6,15-16,19,23H,1,7-12H2,2-3H3/t15?,16?,19-,20-,21+/m0/s1. The molecule has 4 nitrogen and oxygen atoms in total. The Hall–Kier alpha value is -1.36. The second kappa shape index (κ2) is 5.09. The number of piperidine rings is 1. The van der Waals surface area contributed by atoms with E-state index in [0.29, 0.717) is 0 Å². The number of hydrogen-bond acceptors (Lipinski definition) is 4. The van der Waals surface area contributed by atoms with E-state index in [2.05, 4.69) is 30.5 Å². The highest BCUT2D eigenvalue weighted by Gasteiger charge is 2.72. The molecule has 1 saturated heterocycles. The van der Waals surface area contributed by atoms with Crippen molar-refractivity contribution in [3.8, 4) is 5.75 Å². The third kappa shape index (κ3) is 1.69. The zero-order chi connectivity index (χ0) is 17.4. The Kier molecular flexibility index (Phi) is 3.23. The number of benzene rings is 1. The van der Waals surface area contributed by atoms with Crippen LogP contribution in [0.2, 0.25) is 0 Å². The fraction of sp³-hybridized carbons (Fsp3) is 0.619. The van der Waals surface area contributed by atoms with Gasteiger partial charge in [-0.3, -0.25) is 4.90 Å². The number of nitrogens with zero attached hydrogens (tertiary/aromatic N) is 1. The van der Waals surface area contributed by atoms with Gasteiger partial charge in [-0.25, -0.2) is 0 Å². The third-order valence-electron chi connectivity index (χ3n) is 7.40. The number of aryl methyl sites for hydroxylation is 1. The zero-order valence-corrected chi connectivity index (χ0v) is 15.1. The first-order valence-corrected chi connectivity index (χ1v) is 9.46. The Morgan fingerprint density at radius 1 is 1.44 bits per heavy atom. The predicted molar refractivity (Wildman–Crippen MR) is 96.1 cm³/mol. The molecule has 25 heavy (non-hydrogen) atoms. The van der Waals surface area contributed by atoms with E-state index in [1.807, 2.05) is 6.08 Å². The van der Waals surface area contributed by atoms with Crippen molar-refractivity contribution < 1.29 is 14.6 Å². The van der Waals surface area contributed by atoms with E-state index >= 15 is 0 Å². The summed E-state index contributed by atoms with van der Waals surface area (Å²) >= 11 is 0. The van der Waals surface area contributed by atoms with Gasteiger partial charge in [-0.05, 0) is 50.3 Å². The molecule has 1 saturated carbocycles. The summed E-state index contributed by atoms with van der Waals surface area (Å²) in [6, 6.07) is 4.55. The molecule has 2 aliphatic heterocycles. The molecule has 0 radical (unpaired) electrons. The highest BCUT2D eigenvalue weighted by Crippen LogP contribution is 2.64. The number of hydrogen-bond donors (Lipinski definition) is 1. The van der Waals surface area contributed by atoms with E-state index in [-0.39, 0.29) is 23.7 Å². The molecule has 2 bridgehead atoms. The SMILES string of the molecule is C=CCN1CC[C@]23c4c5ccc(C)c4O[C@H]2C(OC)CC[C@@]3(O)C1C5. The molecule has 1 N–H and O–H groups in total. The second-order valence-corrected chi connectivity index (χ2v) is 8.25. The summed E-state index contributed by atoms with van der Waals surface area (Å²) in [7, 11) is 1.78. The third-order valence-corrected chi connectivity index (χ3v) is 7.40. The Morgan fingerprint density at radius 3 is 3.04 bits per heavy atom. The Morgan fingerprint density at radius 2 is 2.28 bits per heavy atom. The van der Waals surface area contributed by atoms with Gasteiger partial charge in [-0.1, -0.05) is 18.2 Å². The molecular formula is C21H27NO3. The number of methoxy groups -OCH3 is 1. The van der Waals surface area contributed by atoms with Gasteiger partial charge in [0.25, 0.3) is 0 Å². The lowest BCUT2D eigenvalue weighted by molar-refractivity contribution is -0.210. The molecule has 0 aromatic heterocycles. The number of likely N-dealkylation sites (tertiary alicyclic amines) is 1. The Labute approximate surface area is 149 Å². The first-order valence-electron chi connectivity index (χ1n) is 9.46. The summed E-state index contributed by atoms with van der Waals surface area (Å²) in [6.07, 6.45) is 5.35. The molecular weight excluding hydrogens is 314 g/mol. The van der Waals surface area contributed by atoms with Gasteiger partial charge in [0.05, 0.1) is 17.1 Å². The van der Waals surface area contributed by atoms with Crippen molar-refractivity contribution in [3.05, 3.63) is 41.5 Å². The van der Waals surface area contributed by atoms with Crippen molar-refractivity contribution in [1.82, 2.24) is 4.90 Å². The molecule has 5 rings (SSSR count). The van der Waals surface area contributed by atoms with Gasteiger partial charge in [-0.15, -0.1) is 6.58 Å². The average Bonchev–Trinajstić information content (AvgIpc) is 2.95. The molecule has 2 aliphatic carbocycles. The van der Waals surface area contributed by atoms with Gasteiger partial charge in [0, 0.05) is 25.3 Å². The maximum atomic E-state index is 12.1. The monoisotopic (exact) mass is 341 g/mol. The minimum Gasteiger partial charge on any atom is -0.486 e. The second-order valence-electron chi connectivity index (χ2n) is 8.25. The molecule has 4 heteroatoms. The predicted octanol–water partition coefficient (Wildman–Crippen LogP) is 2.35. The maximum absolute atomic E-state index is 12.1. The van der Waals surface area contributed by atoms with E-state index in [1.54, 1.807) is 7.11 Å². The van der Waals surface area contributed by atoms with Crippen LogP contribution in [0.25, 0.3) is 0 Å². The van der Waals surface area contributed by atoms with Crippen molar-refractivity contribution in [2.24, 2.45) is 0 Å². The van der Waals surface area contributed by atoms with Gasteiger partial charge in [0.1, 0.15) is 11.9 Å². The molecule has 2 heterocycles. The fourth-order valence-electron chi connectivity index (χ4n) is 6.36. The number of ether oxygens (including phenoxy) is 2. The molecule has 2 unspecified atom stereocenters. The smallest absolute Gasteiger partial charge is 0.137 e. The van der Waals surface area contributed by atoms with Crippen LogP contribution in [-0.2, 0) is 16.6 Å². The van der Waals surface area contributed by atoms with Crippen molar-refractivity contribution in [3.63, 3.8) is 0 Å². The first kappa shape index (κ1) is 15.9. The van der Waals surface area contributed by atoms with Gasteiger partial charge in [0.15, 0.2) is 0 Å². The molecule has 5 atom stereocenters. The van der Waals surface area contributed by atoms with Crippen LogP contribution in [0.4, 0.5) is 0 Å². The van der Waals surface area contributed by atoms with Gasteiger partial charge >= 0.3 is 0 Å². The summed E-state index contributed by atoms with van der Waals surface area (Å²) in [6.45, 7) is 7.84. The minimum atomic E-state index is -0.750. The molecule has 4 aliphatic rings. The molecule has 1 spiro atoms. The van der Waals surface area contributed by atoms with Gasteiger partial charge in [-0.2, -0.15) is 0 Å². The largest absolute Gasteiger partial charge is 0.486 e. The lowest BCUT2D eigenvalue weighted by Crippen LogP contribution is -2.77. The highest BCUT2D eigenvalue weighted by molar-refractivity contribution is 5.60. The van der Waals surface area contributed by atoms with Gasteiger partial charge in [0.2, 0.25) is 0 Å². The van der Waals surface area contributed by atoms with Crippen LogP contribution in [0.1, 0.15) is 36.0 Å². The Balaban J connectivity index is 1.76. The molecule has 1 aromatic rings. The van der Waals surface area contributed by atoms with E-state index in [9.17, 15) is 5.11 Å². The number of rotatable bonds is 3. The molecule has 1 aromatic carbocycles. The topological polar surface area (TPSA) is 41.9 Å². The van der Waals surface area contributed by atoms with E-state index in [1.165, 1.54) is 16.7 Å². The molecule has 134 valence electrons. The molecule has 0 amide bonds. The summed E-state index contributed by atoms with van der Waals surface area (Å²) in [5, 5.41) is 12.1. The van der Waals surface area contributed by atoms with Crippen LogP contribution in [0.15, 0.2) is 24.8 Å².